The van der Waals surface area contributed by atoms with Crippen LogP contribution in [0.25, 0.3) is 0 Å². The molecule has 4 nitrogen and oxygen atoms in total. The molecule has 0 aliphatic heterocycles. The molecule has 0 fully saturated rings. The number of carbonyl (C=O) groups excluding carboxylic acids is 1. The molecule has 0 aliphatic rings. The molecule has 1 rings (SSSR count). The molecular formula is C6H8N2O2. The van der Waals surface area contributed by atoms with E-state index in [0.29, 0.717) is 11.3 Å². The molecule has 0 aliphatic carbocycles. The second kappa shape index (κ2) is 2.51. The molecule has 0 aromatic carbocycles. The Kier molecular flexibility index (Phi) is 1.71. The molecule has 0 saturated heterocycles. The minimum atomic E-state index is -0.168. The fraction of sp³-hybridized carbons (Fsp3) is 0.333. The number of hydrogen-bond donors (Lipinski definition) is 1. The van der Waals surface area contributed by atoms with E-state index in [9.17, 15) is 4.79 Å². The highest BCUT2D eigenvalue weighted by atomic mass is 16.5. The van der Waals surface area contributed by atoms with E-state index < -0.39 is 0 Å². The monoisotopic (exact) mass is 140 g/mol. The van der Waals surface area contributed by atoms with Crippen molar-refractivity contribution in [2.24, 2.45) is 0 Å². The third kappa shape index (κ3) is 1.00. The predicted molar refractivity (Wildman–Crippen MR) is 34.6 cm³/mol. The second-order valence-electron chi connectivity index (χ2n) is 1.89. The van der Waals surface area contributed by atoms with Crippen molar-refractivity contribution in [3.63, 3.8) is 0 Å². The van der Waals surface area contributed by atoms with Gasteiger partial charge in [0, 0.05) is 7.05 Å². The van der Waals surface area contributed by atoms with E-state index >= 15 is 0 Å². The third-order valence-corrected chi connectivity index (χ3v) is 1.22. The molecule has 1 aromatic rings. The highest BCUT2D eigenvalue weighted by Gasteiger charge is 2.09. The lowest BCUT2D eigenvalue weighted by Crippen LogP contribution is -2.17. The summed E-state index contributed by atoms with van der Waals surface area (Å²) in [7, 11) is 1.56. The zero-order valence-electron chi connectivity index (χ0n) is 5.84. The van der Waals surface area contributed by atoms with Crippen LogP contribution in [0.3, 0.4) is 0 Å². The Labute approximate surface area is 58.2 Å². The Bertz CT molecular complexity index is 242. The third-order valence-electron chi connectivity index (χ3n) is 1.22. The lowest BCUT2D eigenvalue weighted by molar-refractivity contribution is 0.0962. The largest absolute Gasteiger partial charge is 0.364 e. The molecule has 0 unspecified atom stereocenters. The first-order chi connectivity index (χ1) is 4.75. The standard InChI is InChI=1S/C6H8N2O2/c1-4-5(3-10-8-4)6(9)7-2/h3H,1-2H3,(H,7,9). The normalized spacial score (nSPS) is 9.40. The molecule has 0 spiro atoms. The molecular weight excluding hydrogens is 132 g/mol. The van der Waals surface area contributed by atoms with Crippen LogP contribution in [0.15, 0.2) is 10.8 Å². The molecule has 0 bridgehead atoms. The summed E-state index contributed by atoms with van der Waals surface area (Å²) in [4.78, 5) is 10.9. The number of amides is 1. The van der Waals surface area contributed by atoms with Crippen LogP contribution >= 0.6 is 0 Å². The predicted octanol–water partition coefficient (Wildman–Crippen LogP) is 0.343. The molecule has 1 amide bonds. The van der Waals surface area contributed by atoms with Crippen LogP contribution in [0.1, 0.15) is 16.1 Å². The van der Waals surface area contributed by atoms with Crippen molar-refractivity contribution in [3.05, 3.63) is 17.5 Å². The molecule has 1 heterocycles. The van der Waals surface area contributed by atoms with Crippen LogP contribution in [0, 0.1) is 6.92 Å². The van der Waals surface area contributed by atoms with Gasteiger partial charge >= 0.3 is 0 Å². The molecule has 0 atom stereocenters. The minimum Gasteiger partial charge on any atom is -0.364 e. The number of aryl methyl sites for hydroxylation is 1. The zero-order valence-corrected chi connectivity index (χ0v) is 5.84. The highest BCUT2D eigenvalue weighted by Crippen LogP contribution is 2.03. The van der Waals surface area contributed by atoms with Crippen molar-refractivity contribution in [3.8, 4) is 0 Å². The van der Waals surface area contributed by atoms with Crippen LogP contribution in [0.2, 0.25) is 0 Å². The van der Waals surface area contributed by atoms with Gasteiger partial charge in [0.25, 0.3) is 5.91 Å². The fourth-order valence-corrected chi connectivity index (χ4v) is 0.645. The number of hydrogen-bond acceptors (Lipinski definition) is 3. The van der Waals surface area contributed by atoms with E-state index in [1.807, 2.05) is 0 Å². The van der Waals surface area contributed by atoms with Crippen LogP contribution in [0.4, 0.5) is 0 Å². The SMILES string of the molecule is CNC(=O)c1conc1C. The summed E-state index contributed by atoms with van der Waals surface area (Å²) < 4.78 is 4.56. The van der Waals surface area contributed by atoms with Crippen molar-refractivity contribution < 1.29 is 9.32 Å². The van der Waals surface area contributed by atoms with Crippen molar-refractivity contribution in [1.82, 2.24) is 10.5 Å². The van der Waals surface area contributed by atoms with Gasteiger partial charge in [0.1, 0.15) is 11.8 Å². The summed E-state index contributed by atoms with van der Waals surface area (Å²) in [5, 5.41) is 6.02. The van der Waals surface area contributed by atoms with Gasteiger partial charge in [-0.15, -0.1) is 0 Å². The Morgan fingerprint density at radius 2 is 2.50 bits per heavy atom. The maximum absolute atomic E-state index is 10.9. The van der Waals surface area contributed by atoms with Crippen LogP contribution < -0.4 is 5.32 Å². The molecule has 1 aromatic heterocycles. The van der Waals surface area contributed by atoms with Crippen molar-refractivity contribution in [1.29, 1.82) is 0 Å². The van der Waals surface area contributed by atoms with Crippen molar-refractivity contribution in [2.75, 3.05) is 7.05 Å². The van der Waals surface area contributed by atoms with E-state index in [1.165, 1.54) is 6.26 Å². The number of carbonyl (C=O) groups is 1. The van der Waals surface area contributed by atoms with E-state index in [0.717, 1.165) is 0 Å². The summed E-state index contributed by atoms with van der Waals surface area (Å²) in [5.41, 5.74) is 1.10. The number of nitrogens with zero attached hydrogens (tertiary/aromatic N) is 1. The maximum atomic E-state index is 10.9. The first kappa shape index (κ1) is 6.80. The zero-order chi connectivity index (χ0) is 7.56. The van der Waals surface area contributed by atoms with Gasteiger partial charge in [-0.1, -0.05) is 5.16 Å². The van der Waals surface area contributed by atoms with E-state index in [1.54, 1.807) is 14.0 Å². The molecule has 10 heavy (non-hydrogen) atoms. The topological polar surface area (TPSA) is 55.1 Å². The van der Waals surface area contributed by atoms with Crippen LogP contribution in [-0.2, 0) is 0 Å². The molecule has 0 radical (unpaired) electrons. The smallest absolute Gasteiger partial charge is 0.256 e. The molecule has 1 N–H and O–H groups in total. The minimum absolute atomic E-state index is 0.168. The van der Waals surface area contributed by atoms with Gasteiger partial charge in [0.2, 0.25) is 0 Å². The van der Waals surface area contributed by atoms with Crippen molar-refractivity contribution >= 4 is 5.91 Å². The number of nitrogens with one attached hydrogen (secondary N) is 1. The Balaban J connectivity index is 2.93. The van der Waals surface area contributed by atoms with Gasteiger partial charge in [-0.3, -0.25) is 4.79 Å². The first-order valence-corrected chi connectivity index (χ1v) is 2.88. The summed E-state index contributed by atoms with van der Waals surface area (Å²) in [6.45, 7) is 1.72. The quantitative estimate of drug-likeness (QED) is 0.612. The lowest BCUT2D eigenvalue weighted by atomic mass is 10.2. The molecule has 54 valence electrons. The van der Waals surface area contributed by atoms with Gasteiger partial charge in [-0.05, 0) is 6.92 Å². The van der Waals surface area contributed by atoms with E-state index in [2.05, 4.69) is 15.0 Å². The van der Waals surface area contributed by atoms with E-state index in [-0.39, 0.29) is 5.91 Å². The van der Waals surface area contributed by atoms with Gasteiger partial charge in [-0.2, -0.15) is 0 Å². The Morgan fingerprint density at radius 1 is 1.80 bits per heavy atom. The van der Waals surface area contributed by atoms with Gasteiger partial charge < -0.3 is 9.84 Å². The number of rotatable bonds is 1. The molecule has 4 heteroatoms. The van der Waals surface area contributed by atoms with Crippen LogP contribution in [-0.4, -0.2) is 18.1 Å². The fourth-order valence-electron chi connectivity index (χ4n) is 0.645. The summed E-state index contributed by atoms with van der Waals surface area (Å²) in [5.74, 6) is -0.168. The lowest BCUT2D eigenvalue weighted by Gasteiger charge is -1.92. The highest BCUT2D eigenvalue weighted by molar-refractivity contribution is 5.94. The summed E-state index contributed by atoms with van der Waals surface area (Å²) in [6.07, 6.45) is 1.33. The van der Waals surface area contributed by atoms with Crippen LogP contribution in [0.5, 0.6) is 0 Å². The average Bonchev–Trinajstić information content (AvgIpc) is 2.34. The molecule has 0 saturated carbocycles. The summed E-state index contributed by atoms with van der Waals surface area (Å²) >= 11 is 0. The Hall–Kier alpha value is -1.32. The summed E-state index contributed by atoms with van der Waals surface area (Å²) in [6, 6.07) is 0. The van der Waals surface area contributed by atoms with Gasteiger partial charge in [0.05, 0.1) is 5.69 Å². The first-order valence-electron chi connectivity index (χ1n) is 2.88. The van der Waals surface area contributed by atoms with Gasteiger partial charge in [-0.25, -0.2) is 0 Å². The maximum Gasteiger partial charge on any atom is 0.256 e. The average molecular weight is 140 g/mol. The van der Waals surface area contributed by atoms with Crippen molar-refractivity contribution in [2.45, 2.75) is 6.92 Å². The number of aromatic nitrogens is 1. The Morgan fingerprint density at radius 3 is 2.90 bits per heavy atom. The second-order valence-corrected chi connectivity index (χ2v) is 1.89. The van der Waals surface area contributed by atoms with E-state index in [4.69, 9.17) is 0 Å². The van der Waals surface area contributed by atoms with Gasteiger partial charge in [0.15, 0.2) is 0 Å².